The van der Waals surface area contributed by atoms with Crippen LogP contribution in [0.3, 0.4) is 0 Å². The van der Waals surface area contributed by atoms with E-state index in [0.29, 0.717) is 16.3 Å². The summed E-state index contributed by atoms with van der Waals surface area (Å²) in [6.45, 7) is 0. The van der Waals surface area contributed by atoms with E-state index in [-0.39, 0.29) is 11.4 Å². The molecule has 112 valence electrons. The highest BCUT2D eigenvalue weighted by Crippen LogP contribution is 2.32. The number of aliphatic carboxylic acids is 1. The number of carboxylic acids is 1. The van der Waals surface area contributed by atoms with Crippen LogP contribution in [0.5, 0.6) is 11.5 Å². The van der Waals surface area contributed by atoms with E-state index < -0.39 is 10.9 Å². The van der Waals surface area contributed by atoms with Crippen molar-refractivity contribution in [3.05, 3.63) is 69.2 Å². The van der Waals surface area contributed by atoms with E-state index in [2.05, 4.69) is 0 Å². The highest BCUT2D eigenvalue weighted by Gasteiger charge is 2.16. The summed E-state index contributed by atoms with van der Waals surface area (Å²) in [6, 6.07) is 10.6. The van der Waals surface area contributed by atoms with E-state index in [1.54, 1.807) is 24.3 Å². The minimum atomic E-state index is -1.14. The fourth-order valence-corrected chi connectivity index (χ4v) is 1.79. The molecule has 0 heterocycles. The normalized spacial score (nSPS) is 10.6. The Hall–Kier alpha value is -2.86. The van der Waals surface area contributed by atoms with Gasteiger partial charge in [-0.2, -0.15) is 0 Å². The molecule has 0 amide bonds. The quantitative estimate of drug-likeness (QED) is 0.508. The number of nitro benzene ring substituents is 1. The maximum absolute atomic E-state index is 11.1. The Morgan fingerprint density at radius 3 is 2.50 bits per heavy atom. The Bertz CT molecular complexity index is 740. The Kier molecular flexibility index (Phi) is 4.75. The molecule has 0 aliphatic carbocycles. The summed E-state index contributed by atoms with van der Waals surface area (Å²) in [5.41, 5.74) is 0.125. The number of hydrogen-bond acceptors (Lipinski definition) is 4. The van der Waals surface area contributed by atoms with Crippen LogP contribution in [-0.2, 0) is 4.79 Å². The number of carbonyl (C=O) groups is 1. The molecule has 0 saturated heterocycles. The highest BCUT2D eigenvalue weighted by atomic mass is 35.5. The average Bonchev–Trinajstić information content (AvgIpc) is 2.48. The minimum Gasteiger partial charge on any atom is -0.478 e. The van der Waals surface area contributed by atoms with Gasteiger partial charge >= 0.3 is 11.7 Å². The number of rotatable bonds is 5. The second kappa shape index (κ2) is 6.73. The molecule has 2 rings (SSSR count). The first-order valence-corrected chi connectivity index (χ1v) is 6.46. The fraction of sp³-hybridized carbons (Fsp3) is 0. The molecule has 0 bridgehead atoms. The van der Waals surface area contributed by atoms with Crippen LogP contribution in [0, 0.1) is 10.1 Å². The molecule has 2 aromatic rings. The summed E-state index contributed by atoms with van der Waals surface area (Å²) < 4.78 is 5.47. The molecule has 22 heavy (non-hydrogen) atoms. The second-order valence-corrected chi connectivity index (χ2v) is 4.65. The maximum Gasteiger partial charge on any atom is 0.328 e. The van der Waals surface area contributed by atoms with Gasteiger partial charge in [-0.3, -0.25) is 10.1 Å². The van der Waals surface area contributed by atoms with Crippen molar-refractivity contribution in [1.82, 2.24) is 0 Å². The molecular weight excluding hydrogens is 310 g/mol. The lowest BCUT2D eigenvalue weighted by molar-refractivity contribution is -0.385. The van der Waals surface area contributed by atoms with Crippen LogP contribution in [0.2, 0.25) is 5.02 Å². The topological polar surface area (TPSA) is 89.7 Å². The van der Waals surface area contributed by atoms with E-state index >= 15 is 0 Å². The zero-order valence-electron chi connectivity index (χ0n) is 11.1. The van der Waals surface area contributed by atoms with Gasteiger partial charge in [-0.25, -0.2) is 4.79 Å². The smallest absolute Gasteiger partial charge is 0.328 e. The zero-order valence-corrected chi connectivity index (χ0v) is 11.9. The van der Waals surface area contributed by atoms with Crippen molar-refractivity contribution in [1.29, 1.82) is 0 Å². The van der Waals surface area contributed by atoms with Crippen molar-refractivity contribution in [2.75, 3.05) is 0 Å². The molecule has 0 unspecified atom stereocenters. The van der Waals surface area contributed by atoms with Crippen LogP contribution in [-0.4, -0.2) is 16.0 Å². The van der Waals surface area contributed by atoms with E-state index in [4.69, 9.17) is 21.4 Å². The number of carboxylic acid groups (broad SMARTS) is 1. The van der Waals surface area contributed by atoms with E-state index in [9.17, 15) is 14.9 Å². The predicted octanol–water partition coefficient (Wildman–Crippen LogP) is 4.14. The first-order valence-electron chi connectivity index (χ1n) is 6.08. The predicted molar refractivity (Wildman–Crippen MR) is 81.3 cm³/mol. The van der Waals surface area contributed by atoms with Gasteiger partial charge in [0.05, 0.1) is 4.92 Å². The molecule has 0 fully saturated rings. The first-order chi connectivity index (χ1) is 10.5. The number of benzene rings is 2. The molecule has 0 aliphatic heterocycles. The highest BCUT2D eigenvalue weighted by molar-refractivity contribution is 6.30. The van der Waals surface area contributed by atoms with Crippen molar-refractivity contribution < 1.29 is 19.6 Å². The van der Waals surface area contributed by atoms with Crippen LogP contribution < -0.4 is 4.74 Å². The maximum atomic E-state index is 11.1. The number of nitrogens with zero attached hydrogens (tertiary/aromatic N) is 1. The first kappa shape index (κ1) is 15.5. The van der Waals surface area contributed by atoms with Crippen molar-refractivity contribution >= 4 is 29.3 Å². The Labute approximate surface area is 130 Å². The molecule has 7 heteroatoms. The van der Waals surface area contributed by atoms with Crippen LogP contribution in [0.1, 0.15) is 5.56 Å². The summed E-state index contributed by atoms with van der Waals surface area (Å²) in [5, 5.41) is 20.2. The third-order valence-corrected chi connectivity index (χ3v) is 2.89. The number of ether oxygens (including phenoxy) is 1. The SMILES string of the molecule is O=C(O)C=Cc1ccc(Oc2ccc(Cl)cc2)c([N+](=O)[O-])c1. The molecule has 0 aliphatic rings. The van der Waals surface area contributed by atoms with E-state index in [1.165, 1.54) is 24.3 Å². The molecular formula is C15H10ClNO5. The number of hydrogen-bond donors (Lipinski definition) is 1. The van der Waals surface area contributed by atoms with Crippen LogP contribution in [0.25, 0.3) is 6.08 Å². The van der Waals surface area contributed by atoms with E-state index in [1.807, 2.05) is 0 Å². The van der Waals surface area contributed by atoms with Gasteiger partial charge in [-0.05, 0) is 42.0 Å². The lowest BCUT2D eigenvalue weighted by Crippen LogP contribution is -1.94. The monoisotopic (exact) mass is 319 g/mol. The summed E-state index contributed by atoms with van der Waals surface area (Å²) in [4.78, 5) is 21.0. The summed E-state index contributed by atoms with van der Waals surface area (Å²) in [5.74, 6) is -0.676. The lowest BCUT2D eigenvalue weighted by atomic mass is 10.1. The van der Waals surface area contributed by atoms with Gasteiger partial charge in [0, 0.05) is 17.2 Å². The third-order valence-electron chi connectivity index (χ3n) is 2.64. The lowest BCUT2D eigenvalue weighted by Gasteiger charge is -2.07. The van der Waals surface area contributed by atoms with Crippen molar-refractivity contribution in [2.24, 2.45) is 0 Å². The number of nitro groups is 1. The van der Waals surface area contributed by atoms with Crippen molar-refractivity contribution in [3.8, 4) is 11.5 Å². The minimum absolute atomic E-state index is 0.0554. The summed E-state index contributed by atoms with van der Waals surface area (Å²) >= 11 is 5.76. The molecule has 6 nitrogen and oxygen atoms in total. The molecule has 0 radical (unpaired) electrons. The summed E-state index contributed by atoms with van der Waals surface area (Å²) in [7, 11) is 0. The van der Waals surface area contributed by atoms with Gasteiger partial charge in [0.15, 0.2) is 0 Å². The third kappa shape index (κ3) is 4.07. The van der Waals surface area contributed by atoms with Crippen LogP contribution in [0.4, 0.5) is 5.69 Å². The van der Waals surface area contributed by atoms with Gasteiger partial charge in [0.1, 0.15) is 5.75 Å². The second-order valence-electron chi connectivity index (χ2n) is 4.21. The van der Waals surface area contributed by atoms with Crippen LogP contribution in [0.15, 0.2) is 48.5 Å². The van der Waals surface area contributed by atoms with Crippen molar-refractivity contribution in [3.63, 3.8) is 0 Å². The molecule has 1 N–H and O–H groups in total. The van der Waals surface area contributed by atoms with Gasteiger partial charge in [-0.15, -0.1) is 0 Å². The van der Waals surface area contributed by atoms with Gasteiger partial charge < -0.3 is 9.84 Å². The molecule has 0 atom stereocenters. The molecule has 0 spiro atoms. The van der Waals surface area contributed by atoms with Gasteiger partial charge in [0.25, 0.3) is 0 Å². The van der Waals surface area contributed by atoms with Gasteiger partial charge in [-0.1, -0.05) is 17.7 Å². The van der Waals surface area contributed by atoms with E-state index in [0.717, 1.165) is 6.08 Å². The fourth-order valence-electron chi connectivity index (χ4n) is 1.66. The van der Waals surface area contributed by atoms with Crippen LogP contribution >= 0.6 is 11.6 Å². The molecule has 0 aromatic heterocycles. The Balaban J connectivity index is 2.32. The standard InChI is InChI=1S/C15H10ClNO5/c16-11-3-5-12(6-4-11)22-14-7-1-10(2-8-15(18)19)9-13(14)17(20)21/h1-9H,(H,18,19). The zero-order chi connectivity index (χ0) is 16.1. The largest absolute Gasteiger partial charge is 0.478 e. The van der Waals surface area contributed by atoms with Crippen molar-refractivity contribution in [2.45, 2.75) is 0 Å². The Morgan fingerprint density at radius 2 is 1.91 bits per heavy atom. The van der Waals surface area contributed by atoms with Gasteiger partial charge in [0.2, 0.25) is 5.75 Å². The summed E-state index contributed by atoms with van der Waals surface area (Å²) in [6.07, 6.45) is 2.17. The average molecular weight is 320 g/mol. The Morgan fingerprint density at radius 1 is 1.23 bits per heavy atom. The molecule has 0 saturated carbocycles. The number of halogens is 1. The molecule has 2 aromatic carbocycles.